The number of methoxy groups -OCH3 is 1. The molecular weight excluding hydrogens is 372 g/mol. The van der Waals surface area contributed by atoms with Gasteiger partial charge in [-0.2, -0.15) is 5.10 Å². The summed E-state index contributed by atoms with van der Waals surface area (Å²) in [6.45, 7) is 1.85. The Balaban J connectivity index is 1.33. The molecule has 2 fully saturated rings. The van der Waals surface area contributed by atoms with Crippen molar-refractivity contribution in [1.82, 2.24) is 9.78 Å². The molecule has 8 heteroatoms. The lowest BCUT2D eigenvalue weighted by atomic mass is 10.1. The molecule has 3 heterocycles. The van der Waals surface area contributed by atoms with E-state index in [-0.39, 0.29) is 24.3 Å². The van der Waals surface area contributed by atoms with Crippen molar-refractivity contribution in [1.29, 1.82) is 0 Å². The number of carbonyl (C=O) groups is 2. The average molecular weight is 398 g/mol. The van der Waals surface area contributed by atoms with E-state index in [2.05, 4.69) is 10.4 Å². The molecule has 2 aliphatic rings. The average Bonchev–Trinajstić information content (AvgIpc) is 3.35. The van der Waals surface area contributed by atoms with Crippen LogP contribution in [0.3, 0.4) is 0 Å². The van der Waals surface area contributed by atoms with Crippen LogP contribution in [0.4, 0.5) is 11.4 Å². The maximum Gasteiger partial charge on any atom is 0.229 e. The topological polar surface area (TPSA) is 85.7 Å². The number of carbonyl (C=O) groups excluding carboxylic acids is 2. The fraction of sp³-hybridized carbons (Fsp3) is 0.476. The molecule has 0 saturated carbocycles. The van der Waals surface area contributed by atoms with Crippen LogP contribution in [-0.2, 0) is 20.9 Å². The molecule has 29 heavy (non-hydrogen) atoms. The molecule has 0 radical (unpaired) electrons. The minimum Gasteiger partial charge on any atom is -0.497 e. The van der Waals surface area contributed by atoms with Crippen LogP contribution >= 0.6 is 0 Å². The number of aromatic nitrogens is 2. The second kappa shape index (κ2) is 8.65. The Bertz CT molecular complexity index is 858. The fourth-order valence-corrected chi connectivity index (χ4v) is 3.83. The normalized spacial score (nSPS) is 22.0. The van der Waals surface area contributed by atoms with Gasteiger partial charge in [0.05, 0.1) is 37.6 Å². The zero-order chi connectivity index (χ0) is 20.2. The lowest BCUT2D eigenvalue weighted by Gasteiger charge is -2.22. The van der Waals surface area contributed by atoms with Gasteiger partial charge in [-0.05, 0) is 43.5 Å². The molecule has 1 aromatic heterocycles. The Labute approximate surface area is 169 Å². The Morgan fingerprint density at radius 1 is 1.31 bits per heavy atom. The predicted octanol–water partition coefficient (Wildman–Crippen LogP) is 2.45. The first-order chi connectivity index (χ1) is 14.1. The van der Waals surface area contributed by atoms with Gasteiger partial charge in [0.25, 0.3) is 0 Å². The van der Waals surface area contributed by atoms with Crippen LogP contribution < -0.4 is 15.0 Å². The van der Waals surface area contributed by atoms with E-state index in [1.165, 1.54) is 6.42 Å². The van der Waals surface area contributed by atoms with Crippen LogP contribution in [0.15, 0.2) is 36.7 Å². The number of anilines is 2. The molecule has 4 rings (SSSR count). The molecule has 0 spiro atoms. The Morgan fingerprint density at radius 2 is 2.14 bits per heavy atom. The highest BCUT2D eigenvalue weighted by Gasteiger charge is 2.35. The summed E-state index contributed by atoms with van der Waals surface area (Å²) < 4.78 is 12.7. The zero-order valence-electron chi connectivity index (χ0n) is 16.5. The summed E-state index contributed by atoms with van der Waals surface area (Å²) in [5.41, 5.74) is 1.41. The van der Waals surface area contributed by atoms with Gasteiger partial charge in [0, 0.05) is 31.5 Å². The minimum atomic E-state index is -0.394. The van der Waals surface area contributed by atoms with Crippen molar-refractivity contribution in [3.05, 3.63) is 36.7 Å². The third kappa shape index (κ3) is 4.59. The van der Waals surface area contributed by atoms with E-state index in [1.54, 1.807) is 35.0 Å². The monoisotopic (exact) mass is 398 g/mol. The number of amides is 2. The molecule has 0 bridgehead atoms. The van der Waals surface area contributed by atoms with Crippen LogP contribution in [0.5, 0.6) is 5.75 Å². The van der Waals surface area contributed by atoms with Gasteiger partial charge in [-0.25, -0.2) is 0 Å². The van der Waals surface area contributed by atoms with E-state index < -0.39 is 5.92 Å². The molecule has 2 amide bonds. The van der Waals surface area contributed by atoms with Crippen LogP contribution in [0.25, 0.3) is 0 Å². The molecule has 1 aromatic carbocycles. The zero-order valence-corrected chi connectivity index (χ0v) is 16.5. The lowest BCUT2D eigenvalue weighted by Crippen LogP contribution is -2.28. The number of hydrogen-bond acceptors (Lipinski definition) is 5. The van der Waals surface area contributed by atoms with Crippen molar-refractivity contribution in [3.63, 3.8) is 0 Å². The molecule has 1 N–H and O–H groups in total. The number of benzene rings is 1. The Hall–Kier alpha value is -2.87. The Morgan fingerprint density at radius 3 is 2.86 bits per heavy atom. The van der Waals surface area contributed by atoms with Crippen molar-refractivity contribution in [3.8, 4) is 5.75 Å². The second-order valence-electron chi connectivity index (χ2n) is 7.53. The molecule has 2 aromatic rings. The summed E-state index contributed by atoms with van der Waals surface area (Å²) in [6.07, 6.45) is 7.15. The molecule has 2 aliphatic heterocycles. The van der Waals surface area contributed by atoms with E-state index in [9.17, 15) is 9.59 Å². The number of nitrogens with zero attached hydrogens (tertiary/aromatic N) is 3. The number of hydrogen-bond donors (Lipinski definition) is 1. The molecule has 154 valence electrons. The van der Waals surface area contributed by atoms with Crippen molar-refractivity contribution in [2.24, 2.45) is 5.92 Å². The summed E-state index contributed by atoms with van der Waals surface area (Å²) in [4.78, 5) is 26.7. The Kier molecular flexibility index (Phi) is 5.80. The SMILES string of the molecule is COc1ccc(N2C[C@@H](C(=O)Nc3cnn(C[C@H]4CCCCO4)c3)CC2=O)cc1. The van der Waals surface area contributed by atoms with Crippen molar-refractivity contribution >= 4 is 23.2 Å². The van der Waals surface area contributed by atoms with Gasteiger partial charge in [0.1, 0.15) is 5.75 Å². The molecule has 8 nitrogen and oxygen atoms in total. The van der Waals surface area contributed by atoms with E-state index in [0.29, 0.717) is 18.8 Å². The lowest BCUT2D eigenvalue weighted by molar-refractivity contribution is -0.122. The minimum absolute atomic E-state index is 0.0551. The standard InChI is InChI=1S/C21H26N4O4/c1-28-18-7-5-17(6-8-18)25-12-15(10-20(25)26)21(27)23-16-11-22-24(13-16)14-19-4-2-3-9-29-19/h5-8,11,13,15,19H,2-4,9-10,12,14H2,1H3,(H,23,27)/t15-,19+/m0/s1. The quantitative estimate of drug-likeness (QED) is 0.808. The van der Waals surface area contributed by atoms with Crippen molar-refractivity contribution < 1.29 is 19.1 Å². The molecule has 0 aliphatic carbocycles. The summed E-state index contributed by atoms with van der Waals surface area (Å²) in [5.74, 6) is 0.114. The maximum atomic E-state index is 12.7. The third-order valence-electron chi connectivity index (χ3n) is 5.45. The fourth-order valence-electron chi connectivity index (χ4n) is 3.83. The first-order valence-corrected chi connectivity index (χ1v) is 10.0. The van der Waals surface area contributed by atoms with Gasteiger partial charge in [0.15, 0.2) is 0 Å². The second-order valence-corrected chi connectivity index (χ2v) is 7.53. The molecule has 0 unspecified atom stereocenters. The summed E-state index contributed by atoms with van der Waals surface area (Å²) in [7, 11) is 1.60. The number of rotatable bonds is 6. The van der Waals surface area contributed by atoms with Crippen LogP contribution in [0, 0.1) is 5.92 Å². The van der Waals surface area contributed by atoms with Crippen LogP contribution in [-0.4, -0.2) is 48.0 Å². The third-order valence-corrected chi connectivity index (χ3v) is 5.45. The van der Waals surface area contributed by atoms with E-state index in [4.69, 9.17) is 9.47 Å². The largest absolute Gasteiger partial charge is 0.497 e. The highest BCUT2D eigenvalue weighted by atomic mass is 16.5. The van der Waals surface area contributed by atoms with Gasteiger partial charge in [-0.1, -0.05) is 0 Å². The highest BCUT2D eigenvalue weighted by molar-refractivity contribution is 6.03. The van der Waals surface area contributed by atoms with E-state index in [0.717, 1.165) is 30.9 Å². The molecule has 2 atom stereocenters. The highest BCUT2D eigenvalue weighted by Crippen LogP contribution is 2.27. The number of ether oxygens (including phenoxy) is 2. The summed E-state index contributed by atoms with van der Waals surface area (Å²) in [6, 6.07) is 7.27. The van der Waals surface area contributed by atoms with E-state index in [1.807, 2.05) is 18.3 Å². The van der Waals surface area contributed by atoms with Crippen LogP contribution in [0.1, 0.15) is 25.7 Å². The van der Waals surface area contributed by atoms with Gasteiger partial charge in [-0.15, -0.1) is 0 Å². The van der Waals surface area contributed by atoms with Crippen LogP contribution in [0.2, 0.25) is 0 Å². The maximum absolute atomic E-state index is 12.7. The first-order valence-electron chi connectivity index (χ1n) is 10.0. The van der Waals surface area contributed by atoms with Crippen molar-refractivity contribution in [2.45, 2.75) is 38.3 Å². The van der Waals surface area contributed by atoms with Gasteiger partial charge < -0.3 is 19.7 Å². The van der Waals surface area contributed by atoms with Gasteiger partial charge >= 0.3 is 0 Å². The smallest absolute Gasteiger partial charge is 0.229 e. The summed E-state index contributed by atoms with van der Waals surface area (Å²) in [5, 5.41) is 7.21. The van der Waals surface area contributed by atoms with E-state index >= 15 is 0 Å². The van der Waals surface area contributed by atoms with Gasteiger partial charge in [0.2, 0.25) is 11.8 Å². The first kappa shape index (κ1) is 19.4. The molecular formula is C21H26N4O4. The summed E-state index contributed by atoms with van der Waals surface area (Å²) >= 11 is 0. The molecule has 2 saturated heterocycles. The predicted molar refractivity (Wildman–Crippen MR) is 108 cm³/mol. The van der Waals surface area contributed by atoms with Crippen molar-refractivity contribution in [2.75, 3.05) is 30.5 Å². The number of nitrogens with one attached hydrogen (secondary N) is 1. The van der Waals surface area contributed by atoms with Gasteiger partial charge in [-0.3, -0.25) is 14.3 Å².